The lowest BCUT2D eigenvalue weighted by molar-refractivity contribution is -0.127. The molecule has 2 saturated heterocycles. The van der Waals surface area contributed by atoms with Crippen molar-refractivity contribution in [2.45, 2.75) is 18.6 Å². The average molecular weight is 564 g/mol. The van der Waals surface area contributed by atoms with Gasteiger partial charge in [-0.1, -0.05) is 59.6 Å². The number of halogens is 2. The molecule has 2 aliphatic heterocycles. The molecule has 8 nitrogen and oxygen atoms in total. The topological polar surface area (TPSA) is 107 Å². The number of benzene rings is 3. The predicted octanol–water partition coefficient (Wildman–Crippen LogP) is 4.87. The van der Waals surface area contributed by atoms with E-state index >= 15 is 0 Å². The number of carbonyl (C=O) groups is 5. The van der Waals surface area contributed by atoms with E-state index < -0.39 is 52.9 Å². The van der Waals surface area contributed by atoms with Crippen molar-refractivity contribution in [2.75, 3.05) is 11.5 Å². The second-order valence-corrected chi connectivity index (χ2v) is 10.2. The number of hydrogen-bond donors (Lipinski definition) is 0. The largest absolute Gasteiger partial charge is 0.462 e. The standard InChI is InChI=1S/C29H19Cl2NO7/c1-2-38-28(37)14-10-12-15(13-11-14)32-26(35)20-21(27(32)36)29(24(33)16-6-3-4-7-17(16)25(29)34)39-23(20)18-8-5-9-19(30)22(18)31/h3-13,20-21,23H,2H2,1H3. The van der Waals surface area contributed by atoms with Gasteiger partial charge in [-0.05, 0) is 37.3 Å². The van der Waals surface area contributed by atoms with E-state index in [0.717, 1.165) is 4.90 Å². The Morgan fingerprint density at radius 1 is 0.897 bits per heavy atom. The molecule has 2 amide bonds. The molecular formula is C29H19Cl2NO7. The SMILES string of the molecule is CCOC(=O)c1ccc(N2C(=O)C3C(c4cccc(Cl)c4Cl)OC4(C(=O)c5ccccc5C4=O)C3C2=O)cc1. The predicted molar refractivity (Wildman–Crippen MR) is 140 cm³/mol. The second kappa shape index (κ2) is 9.12. The van der Waals surface area contributed by atoms with Crippen molar-refractivity contribution in [2.24, 2.45) is 11.8 Å². The van der Waals surface area contributed by atoms with Gasteiger partial charge in [0.15, 0.2) is 0 Å². The van der Waals surface area contributed by atoms with Crippen molar-refractivity contribution in [3.05, 3.63) is 99.0 Å². The minimum Gasteiger partial charge on any atom is -0.462 e. The molecule has 39 heavy (non-hydrogen) atoms. The number of hydrogen-bond acceptors (Lipinski definition) is 7. The number of nitrogens with zero attached hydrogens (tertiary/aromatic N) is 1. The van der Waals surface area contributed by atoms with E-state index in [1.807, 2.05) is 0 Å². The molecule has 1 spiro atoms. The Bertz CT molecular complexity index is 1560. The van der Waals surface area contributed by atoms with Gasteiger partial charge in [0.05, 0.1) is 45.8 Å². The lowest BCUT2D eigenvalue weighted by Crippen LogP contribution is -2.51. The van der Waals surface area contributed by atoms with Crippen LogP contribution in [0, 0.1) is 11.8 Å². The van der Waals surface area contributed by atoms with Crippen LogP contribution in [-0.4, -0.2) is 41.6 Å². The monoisotopic (exact) mass is 563 g/mol. The third kappa shape index (κ3) is 3.45. The molecule has 3 aromatic carbocycles. The van der Waals surface area contributed by atoms with Gasteiger partial charge in [0, 0.05) is 16.7 Å². The fourth-order valence-corrected chi connectivity index (χ4v) is 6.17. The third-order valence-electron chi connectivity index (χ3n) is 7.44. The van der Waals surface area contributed by atoms with Crippen LogP contribution in [0.15, 0.2) is 66.7 Å². The van der Waals surface area contributed by atoms with E-state index in [1.165, 1.54) is 36.4 Å². The molecule has 3 atom stereocenters. The summed E-state index contributed by atoms with van der Waals surface area (Å²) in [6.07, 6.45) is -1.20. The number of rotatable bonds is 4. The zero-order chi connectivity index (χ0) is 27.6. The minimum absolute atomic E-state index is 0.0906. The van der Waals surface area contributed by atoms with Gasteiger partial charge >= 0.3 is 5.97 Å². The van der Waals surface area contributed by atoms with Gasteiger partial charge in [0.25, 0.3) is 0 Å². The molecule has 1 aliphatic carbocycles. The highest BCUT2D eigenvalue weighted by molar-refractivity contribution is 6.42. The van der Waals surface area contributed by atoms with Crippen LogP contribution in [0.4, 0.5) is 5.69 Å². The number of fused-ring (bicyclic) bond motifs is 3. The van der Waals surface area contributed by atoms with E-state index in [0.29, 0.717) is 0 Å². The van der Waals surface area contributed by atoms with Gasteiger partial charge in [-0.25, -0.2) is 9.69 Å². The second-order valence-electron chi connectivity index (χ2n) is 9.40. The number of imide groups is 1. The van der Waals surface area contributed by atoms with E-state index in [1.54, 1.807) is 37.3 Å². The quantitative estimate of drug-likeness (QED) is 0.253. The molecule has 3 aliphatic rings. The van der Waals surface area contributed by atoms with Crippen LogP contribution in [0.25, 0.3) is 0 Å². The van der Waals surface area contributed by atoms with Crippen LogP contribution in [0.2, 0.25) is 10.0 Å². The maximum absolute atomic E-state index is 14.0. The van der Waals surface area contributed by atoms with Gasteiger partial charge in [-0.15, -0.1) is 0 Å². The first kappa shape index (κ1) is 25.4. The zero-order valence-corrected chi connectivity index (χ0v) is 21.9. The number of ether oxygens (including phenoxy) is 2. The number of esters is 1. The Balaban J connectivity index is 1.49. The summed E-state index contributed by atoms with van der Waals surface area (Å²) in [4.78, 5) is 68.7. The van der Waals surface area contributed by atoms with Gasteiger partial charge in [-0.2, -0.15) is 0 Å². The molecule has 0 saturated carbocycles. The van der Waals surface area contributed by atoms with Gasteiger partial charge in [-0.3, -0.25) is 19.2 Å². The summed E-state index contributed by atoms with van der Waals surface area (Å²) < 4.78 is 11.2. The fraction of sp³-hybridized carbons (Fsp3) is 0.207. The molecule has 2 fully saturated rings. The minimum atomic E-state index is -2.24. The van der Waals surface area contributed by atoms with Crippen molar-refractivity contribution < 1.29 is 33.4 Å². The number of ketones is 2. The highest BCUT2D eigenvalue weighted by Gasteiger charge is 2.75. The number of carbonyl (C=O) groups excluding carboxylic acids is 5. The Morgan fingerprint density at radius 3 is 2.15 bits per heavy atom. The first-order valence-electron chi connectivity index (χ1n) is 12.2. The number of Topliss-reactive ketones (excluding diaryl/α,β-unsaturated/α-hetero) is 2. The maximum atomic E-state index is 14.0. The number of anilines is 1. The third-order valence-corrected chi connectivity index (χ3v) is 8.28. The fourth-order valence-electron chi connectivity index (χ4n) is 5.76. The first-order valence-corrected chi connectivity index (χ1v) is 12.9. The molecule has 0 aromatic heterocycles. The van der Waals surface area contributed by atoms with Crippen LogP contribution in [-0.2, 0) is 19.1 Å². The van der Waals surface area contributed by atoms with E-state index in [2.05, 4.69) is 0 Å². The lowest BCUT2D eigenvalue weighted by atomic mass is 9.77. The lowest BCUT2D eigenvalue weighted by Gasteiger charge is -2.27. The molecular weight excluding hydrogens is 545 g/mol. The smallest absolute Gasteiger partial charge is 0.338 e. The van der Waals surface area contributed by atoms with E-state index in [4.69, 9.17) is 32.7 Å². The highest BCUT2D eigenvalue weighted by Crippen LogP contribution is 2.58. The van der Waals surface area contributed by atoms with Crippen molar-refractivity contribution in [3.8, 4) is 0 Å². The molecule has 0 bridgehead atoms. The van der Waals surface area contributed by atoms with Crippen molar-refractivity contribution in [1.29, 1.82) is 0 Å². The molecule has 3 aromatic rings. The average Bonchev–Trinajstić information content (AvgIpc) is 3.50. The summed E-state index contributed by atoms with van der Waals surface area (Å²) in [6, 6.07) is 16.7. The summed E-state index contributed by atoms with van der Waals surface area (Å²) in [5.74, 6) is -6.02. The molecule has 0 N–H and O–H groups in total. The van der Waals surface area contributed by atoms with Gasteiger partial charge < -0.3 is 9.47 Å². The van der Waals surface area contributed by atoms with Crippen LogP contribution in [0.3, 0.4) is 0 Å². The maximum Gasteiger partial charge on any atom is 0.338 e. The highest BCUT2D eigenvalue weighted by atomic mass is 35.5. The van der Waals surface area contributed by atoms with Crippen LogP contribution in [0.1, 0.15) is 49.7 Å². The summed E-state index contributed by atoms with van der Waals surface area (Å²) in [7, 11) is 0. The van der Waals surface area contributed by atoms with Gasteiger partial charge in [0.1, 0.15) is 0 Å². The molecule has 0 radical (unpaired) electrons. The Morgan fingerprint density at radius 2 is 1.54 bits per heavy atom. The molecule has 6 rings (SSSR count). The Hall–Kier alpha value is -3.85. The summed E-state index contributed by atoms with van der Waals surface area (Å²) in [5, 5.41) is 0.277. The molecule has 10 heteroatoms. The summed E-state index contributed by atoms with van der Waals surface area (Å²) >= 11 is 12.7. The molecule has 2 heterocycles. The van der Waals surface area contributed by atoms with Crippen molar-refractivity contribution in [1.82, 2.24) is 0 Å². The van der Waals surface area contributed by atoms with Crippen LogP contribution < -0.4 is 4.90 Å². The van der Waals surface area contributed by atoms with Crippen molar-refractivity contribution >= 4 is 58.2 Å². The molecule has 196 valence electrons. The Labute approximate surface area is 232 Å². The normalized spacial score (nSPS) is 22.9. The Kier molecular flexibility index (Phi) is 5.95. The van der Waals surface area contributed by atoms with Crippen LogP contribution >= 0.6 is 23.2 Å². The van der Waals surface area contributed by atoms with Gasteiger partial charge in [0.2, 0.25) is 29.0 Å². The molecule has 3 unspecified atom stereocenters. The summed E-state index contributed by atoms with van der Waals surface area (Å²) in [6.45, 7) is 1.87. The number of amides is 2. The first-order chi connectivity index (χ1) is 18.7. The van der Waals surface area contributed by atoms with Crippen LogP contribution in [0.5, 0.6) is 0 Å². The van der Waals surface area contributed by atoms with E-state index in [9.17, 15) is 24.0 Å². The van der Waals surface area contributed by atoms with Crippen molar-refractivity contribution in [3.63, 3.8) is 0 Å². The van der Waals surface area contributed by atoms with E-state index in [-0.39, 0.29) is 44.6 Å². The summed E-state index contributed by atoms with van der Waals surface area (Å²) in [5.41, 5.74) is -1.30. The zero-order valence-electron chi connectivity index (χ0n) is 20.4.